The quantitative estimate of drug-likeness (QED) is 0.349. The molecule has 2 amide bonds. The lowest BCUT2D eigenvalue weighted by Crippen LogP contribution is -2.30. The number of aromatic nitrogens is 1. The average molecular weight is 606 g/mol. The third-order valence-electron chi connectivity index (χ3n) is 6.93. The first-order valence-electron chi connectivity index (χ1n) is 13.2. The number of rotatable bonds is 7. The van der Waals surface area contributed by atoms with E-state index in [1.54, 1.807) is 31.0 Å². The molecule has 1 aliphatic heterocycles. The van der Waals surface area contributed by atoms with E-state index in [2.05, 4.69) is 20.0 Å². The number of halogens is 4. The molecule has 8 nitrogen and oxygen atoms in total. The van der Waals surface area contributed by atoms with Gasteiger partial charge in [0.05, 0.1) is 21.8 Å². The fraction of sp³-hybridized carbons (Fsp3) is 0.345. The largest absolute Gasteiger partial charge is 0.356 e. The molecule has 224 valence electrons. The molecule has 0 bridgehead atoms. The number of nitrogens with one attached hydrogen (secondary N) is 2. The van der Waals surface area contributed by atoms with Crippen molar-refractivity contribution in [3.63, 3.8) is 0 Å². The van der Waals surface area contributed by atoms with Crippen molar-refractivity contribution in [2.75, 3.05) is 43.2 Å². The van der Waals surface area contributed by atoms with E-state index in [0.29, 0.717) is 11.1 Å². The summed E-state index contributed by atoms with van der Waals surface area (Å²) >= 11 is 0. The number of benzene rings is 2. The molecule has 4 rings (SSSR count). The van der Waals surface area contributed by atoms with E-state index in [9.17, 15) is 31.4 Å². The maximum absolute atomic E-state index is 14.1. The van der Waals surface area contributed by atoms with Crippen LogP contribution >= 0.6 is 0 Å². The fourth-order valence-corrected chi connectivity index (χ4v) is 6.00. The van der Waals surface area contributed by atoms with Gasteiger partial charge in [0.25, 0.3) is 11.8 Å². The molecule has 1 unspecified atom stereocenters. The highest BCUT2D eigenvalue weighted by atomic mass is 32.2. The Labute approximate surface area is 241 Å². The van der Waals surface area contributed by atoms with Gasteiger partial charge in [0.2, 0.25) is 5.92 Å². The van der Waals surface area contributed by atoms with E-state index in [1.165, 1.54) is 30.7 Å². The zero-order chi connectivity index (χ0) is 30.7. The predicted octanol–water partition coefficient (Wildman–Crippen LogP) is 5.42. The van der Waals surface area contributed by atoms with Gasteiger partial charge in [-0.3, -0.25) is 9.59 Å². The van der Waals surface area contributed by atoms with Gasteiger partial charge in [0, 0.05) is 54.5 Å². The molecule has 42 heavy (non-hydrogen) atoms. The van der Waals surface area contributed by atoms with Crippen LogP contribution in [0, 0.1) is 18.6 Å². The number of anilines is 2. The normalized spacial score (nSPS) is 16.3. The molecule has 2 N–H and O–H groups in total. The molecule has 1 atom stereocenters. The van der Waals surface area contributed by atoms with E-state index in [1.807, 2.05) is 0 Å². The van der Waals surface area contributed by atoms with E-state index in [-0.39, 0.29) is 60.0 Å². The Hall–Kier alpha value is -3.84. The second kappa shape index (κ2) is 12.6. The molecular formula is C29H31F4N5O3S. The highest BCUT2D eigenvalue weighted by Gasteiger charge is 2.33. The number of hydrogen-bond acceptors (Lipinski definition) is 6. The molecule has 1 aliphatic rings. The average Bonchev–Trinajstić information content (AvgIpc) is 3.10. The number of carbonyl (C=O) groups excluding carboxylic acids is 2. The van der Waals surface area contributed by atoms with Gasteiger partial charge in [-0.2, -0.15) is 4.36 Å². The third kappa shape index (κ3) is 7.13. The van der Waals surface area contributed by atoms with E-state index < -0.39 is 45.5 Å². The van der Waals surface area contributed by atoms with Gasteiger partial charge in [-0.15, -0.1) is 0 Å². The molecule has 0 radical (unpaired) electrons. The van der Waals surface area contributed by atoms with Gasteiger partial charge in [0.15, 0.2) is 11.6 Å². The lowest BCUT2D eigenvalue weighted by Gasteiger charge is -2.26. The number of carbonyl (C=O) groups is 2. The fourth-order valence-electron chi connectivity index (χ4n) is 4.76. The second-order valence-corrected chi connectivity index (χ2v) is 12.4. The minimum Gasteiger partial charge on any atom is -0.356 e. The van der Waals surface area contributed by atoms with Crippen LogP contribution in [0.4, 0.5) is 29.1 Å². The van der Waals surface area contributed by atoms with Gasteiger partial charge in [-0.25, -0.2) is 26.8 Å². The Morgan fingerprint density at radius 1 is 1.10 bits per heavy atom. The smallest absolute Gasteiger partial charge is 0.267 e. The standard InChI is InChI=1S/C29H31F4N5O3S/c1-18-22(19-8-9-23(30)24(31)14-19)16-35-27(38-12-5-10-29(32,33)11-13-38)26(18)28(40)36-20-6-4-7-21(15-20)42(3,41)37-25(39)17-34-2/h4,6-9,14-16,34H,5,10-13,17H2,1-3H3,(H,36,40). The minimum atomic E-state index is -3.13. The summed E-state index contributed by atoms with van der Waals surface area (Å²) in [4.78, 5) is 32.1. The summed E-state index contributed by atoms with van der Waals surface area (Å²) < 4.78 is 73.0. The van der Waals surface area contributed by atoms with Crippen LogP contribution < -0.4 is 15.5 Å². The van der Waals surface area contributed by atoms with Crippen molar-refractivity contribution in [2.45, 2.75) is 37.0 Å². The van der Waals surface area contributed by atoms with Crippen LogP contribution in [0.25, 0.3) is 11.1 Å². The molecule has 1 saturated heterocycles. The Morgan fingerprint density at radius 2 is 1.86 bits per heavy atom. The third-order valence-corrected chi connectivity index (χ3v) is 8.61. The summed E-state index contributed by atoms with van der Waals surface area (Å²) in [5.74, 6) is -6.00. The SMILES string of the molecule is CNCC(=O)N=S(C)(=O)c1cccc(NC(=O)c2c(N3CCCC(F)(F)CC3)ncc(-c3ccc(F)c(F)c3)c2C)c1. The highest BCUT2D eigenvalue weighted by molar-refractivity contribution is 7.93. The van der Waals surface area contributed by atoms with E-state index in [0.717, 1.165) is 12.1 Å². The molecule has 3 aromatic rings. The summed E-state index contributed by atoms with van der Waals surface area (Å²) in [7, 11) is -1.57. The molecule has 2 aromatic carbocycles. The van der Waals surface area contributed by atoms with Crippen molar-refractivity contribution in [1.82, 2.24) is 10.3 Å². The van der Waals surface area contributed by atoms with Gasteiger partial charge in [-0.05, 0) is 61.9 Å². The highest BCUT2D eigenvalue weighted by Crippen LogP contribution is 2.35. The minimum absolute atomic E-state index is 0.0419. The van der Waals surface area contributed by atoms with E-state index in [4.69, 9.17) is 0 Å². The summed E-state index contributed by atoms with van der Waals surface area (Å²) in [6, 6.07) is 9.38. The first-order valence-corrected chi connectivity index (χ1v) is 15.1. The van der Waals surface area contributed by atoms with Crippen LogP contribution in [0.2, 0.25) is 0 Å². The van der Waals surface area contributed by atoms with Gasteiger partial charge < -0.3 is 15.5 Å². The Kier molecular flexibility index (Phi) is 9.31. The predicted molar refractivity (Wildman–Crippen MR) is 153 cm³/mol. The lowest BCUT2D eigenvalue weighted by molar-refractivity contribution is -0.116. The maximum Gasteiger partial charge on any atom is 0.267 e. The maximum atomic E-state index is 14.1. The van der Waals surface area contributed by atoms with Gasteiger partial charge in [0.1, 0.15) is 5.82 Å². The second-order valence-electron chi connectivity index (χ2n) is 10.1. The van der Waals surface area contributed by atoms with Crippen LogP contribution in [-0.2, 0) is 14.5 Å². The zero-order valence-corrected chi connectivity index (χ0v) is 24.2. The molecule has 2 heterocycles. The van der Waals surface area contributed by atoms with Crippen LogP contribution in [0.3, 0.4) is 0 Å². The van der Waals surface area contributed by atoms with Crippen molar-refractivity contribution >= 4 is 33.0 Å². The number of likely N-dealkylation sites (N-methyl/N-ethyl adjacent to an activating group) is 1. The van der Waals surface area contributed by atoms with Crippen molar-refractivity contribution in [2.24, 2.45) is 4.36 Å². The zero-order valence-electron chi connectivity index (χ0n) is 23.3. The number of pyridine rings is 1. The summed E-state index contributed by atoms with van der Waals surface area (Å²) in [6.45, 7) is 1.72. The van der Waals surface area contributed by atoms with Crippen LogP contribution in [0.5, 0.6) is 0 Å². The number of nitrogens with zero attached hydrogens (tertiary/aromatic N) is 3. The van der Waals surface area contributed by atoms with Crippen molar-refractivity contribution in [3.05, 3.63) is 71.4 Å². The number of alkyl halides is 2. The summed E-state index contributed by atoms with van der Waals surface area (Å²) in [6.07, 6.45) is 2.20. The van der Waals surface area contributed by atoms with E-state index >= 15 is 0 Å². The molecule has 0 saturated carbocycles. The summed E-state index contributed by atoms with van der Waals surface area (Å²) in [5.41, 5.74) is 1.33. The first kappa shape index (κ1) is 31.1. The molecule has 13 heteroatoms. The van der Waals surface area contributed by atoms with Crippen LogP contribution in [0.15, 0.2) is 57.9 Å². The van der Waals surface area contributed by atoms with Crippen LogP contribution in [-0.4, -0.2) is 59.9 Å². The number of hydrogen-bond donors (Lipinski definition) is 2. The molecule has 0 aliphatic carbocycles. The molecule has 0 spiro atoms. The molecular weight excluding hydrogens is 574 g/mol. The number of amides is 2. The van der Waals surface area contributed by atoms with Gasteiger partial charge in [-0.1, -0.05) is 12.1 Å². The molecule has 1 aromatic heterocycles. The Morgan fingerprint density at radius 3 is 2.57 bits per heavy atom. The lowest BCUT2D eigenvalue weighted by atomic mass is 9.97. The van der Waals surface area contributed by atoms with Crippen molar-refractivity contribution < 1.29 is 31.4 Å². The summed E-state index contributed by atoms with van der Waals surface area (Å²) in [5, 5.41) is 5.40. The van der Waals surface area contributed by atoms with Crippen molar-refractivity contribution in [1.29, 1.82) is 0 Å². The Balaban J connectivity index is 1.76. The first-order chi connectivity index (χ1) is 19.8. The topological polar surface area (TPSA) is 104 Å². The van der Waals surface area contributed by atoms with Gasteiger partial charge >= 0.3 is 0 Å². The monoisotopic (exact) mass is 605 g/mol. The molecule has 1 fully saturated rings. The van der Waals surface area contributed by atoms with Crippen molar-refractivity contribution in [3.8, 4) is 11.1 Å². The van der Waals surface area contributed by atoms with Crippen LogP contribution in [0.1, 0.15) is 35.2 Å². The Bertz CT molecular complexity index is 1640.